The van der Waals surface area contributed by atoms with E-state index < -0.39 is 0 Å². The van der Waals surface area contributed by atoms with Gasteiger partial charge < -0.3 is 4.98 Å². The molecule has 0 fully saturated rings. The van der Waals surface area contributed by atoms with Crippen molar-refractivity contribution in [3.63, 3.8) is 0 Å². The standard InChI is InChI=1S/C12H11NO/c1-7-6-13-11-4-8-2-3-12(14)10(8)5-9(7)11/h4-6,13H,2-3H2,1H3. The number of carbonyl (C=O) groups excluding carboxylic acids is 1. The minimum atomic E-state index is 0.294. The van der Waals surface area contributed by atoms with Gasteiger partial charge in [0.15, 0.2) is 5.78 Å². The summed E-state index contributed by atoms with van der Waals surface area (Å²) in [5.74, 6) is 0.294. The van der Waals surface area contributed by atoms with E-state index in [1.807, 2.05) is 12.3 Å². The highest BCUT2D eigenvalue weighted by atomic mass is 16.1. The third-order valence-corrected chi connectivity index (χ3v) is 3.03. The predicted octanol–water partition coefficient (Wildman–Crippen LogP) is 2.61. The molecule has 0 unspecified atom stereocenters. The maximum absolute atomic E-state index is 11.5. The van der Waals surface area contributed by atoms with Gasteiger partial charge in [0, 0.05) is 29.1 Å². The van der Waals surface area contributed by atoms with Crippen molar-refractivity contribution in [1.29, 1.82) is 0 Å². The summed E-state index contributed by atoms with van der Waals surface area (Å²) in [6, 6.07) is 4.15. The molecule has 1 aliphatic rings. The quantitative estimate of drug-likeness (QED) is 0.672. The first kappa shape index (κ1) is 7.80. The normalized spacial score (nSPS) is 15.1. The first-order chi connectivity index (χ1) is 6.75. The molecule has 0 aliphatic heterocycles. The van der Waals surface area contributed by atoms with Gasteiger partial charge in [-0.1, -0.05) is 0 Å². The van der Waals surface area contributed by atoms with E-state index in [1.165, 1.54) is 16.5 Å². The molecule has 1 aliphatic carbocycles. The van der Waals surface area contributed by atoms with E-state index in [0.29, 0.717) is 12.2 Å². The van der Waals surface area contributed by atoms with Crippen LogP contribution in [0.5, 0.6) is 0 Å². The third kappa shape index (κ3) is 0.882. The molecule has 0 saturated heterocycles. The first-order valence-electron chi connectivity index (χ1n) is 4.89. The second-order valence-corrected chi connectivity index (χ2v) is 3.95. The number of Topliss-reactive ketones (excluding diaryl/α,β-unsaturated/α-hetero) is 1. The topological polar surface area (TPSA) is 32.9 Å². The van der Waals surface area contributed by atoms with Crippen molar-refractivity contribution in [2.24, 2.45) is 0 Å². The van der Waals surface area contributed by atoms with Crippen molar-refractivity contribution in [2.45, 2.75) is 19.8 Å². The molecule has 0 saturated carbocycles. The number of aromatic nitrogens is 1. The van der Waals surface area contributed by atoms with Gasteiger partial charge in [-0.05, 0) is 36.6 Å². The first-order valence-corrected chi connectivity index (χ1v) is 4.89. The van der Waals surface area contributed by atoms with Gasteiger partial charge >= 0.3 is 0 Å². The predicted molar refractivity (Wildman–Crippen MR) is 55.7 cm³/mol. The Morgan fingerprint density at radius 1 is 1.29 bits per heavy atom. The number of rotatable bonds is 0. The Kier molecular flexibility index (Phi) is 1.38. The van der Waals surface area contributed by atoms with Gasteiger partial charge in [0.05, 0.1) is 0 Å². The average molecular weight is 185 g/mol. The van der Waals surface area contributed by atoms with Crippen LogP contribution >= 0.6 is 0 Å². The minimum absolute atomic E-state index is 0.294. The number of ketones is 1. The molecule has 0 spiro atoms. The lowest BCUT2D eigenvalue weighted by molar-refractivity contribution is 0.0994. The van der Waals surface area contributed by atoms with Gasteiger partial charge in [-0.25, -0.2) is 0 Å². The molecule has 14 heavy (non-hydrogen) atoms. The van der Waals surface area contributed by atoms with E-state index in [1.54, 1.807) is 0 Å². The van der Waals surface area contributed by atoms with Crippen LogP contribution in [0, 0.1) is 6.92 Å². The summed E-state index contributed by atoms with van der Waals surface area (Å²) >= 11 is 0. The Balaban J connectivity index is 2.40. The molecule has 0 atom stereocenters. The molecule has 2 nitrogen and oxygen atoms in total. The number of aryl methyl sites for hydroxylation is 2. The summed E-state index contributed by atoms with van der Waals surface area (Å²) in [6.45, 7) is 2.06. The molecule has 0 bridgehead atoms. The minimum Gasteiger partial charge on any atom is -0.361 e. The zero-order valence-electron chi connectivity index (χ0n) is 8.05. The van der Waals surface area contributed by atoms with Crippen LogP contribution in [0.4, 0.5) is 0 Å². The van der Waals surface area contributed by atoms with Gasteiger partial charge in [0.2, 0.25) is 0 Å². The molecule has 1 heterocycles. The molecule has 2 heteroatoms. The zero-order chi connectivity index (χ0) is 9.71. The van der Waals surface area contributed by atoms with E-state index in [9.17, 15) is 4.79 Å². The summed E-state index contributed by atoms with van der Waals surface area (Å²) in [5, 5.41) is 1.18. The Morgan fingerprint density at radius 3 is 3.00 bits per heavy atom. The Bertz CT molecular complexity index is 536. The van der Waals surface area contributed by atoms with Crippen molar-refractivity contribution in [3.8, 4) is 0 Å². The van der Waals surface area contributed by atoms with Crippen molar-refractivity contribution < 1.29 is 4.79 Å². The number of aromatic amines is 1. The number of fused-ring (bicyclic) bond motifs is 2. The van der Waals surface area contributed by atoms with Gasteiger partial charge in [-0.2, -0.15) is 0 Å². The number of carbonyl (C=O) groups is 1. The van der Waals surface area contributed by atoms with E-state index in [2.05, 4.69) is 18.0 Å². The number of H-pyrrole nitrogens is 1. The Labute approximate surface area is 81.9 Å². The fraction of sp³-hybridized carbons (Fsp3) is 0.250. The Morgan fingerprint density at radius 2 is 2.14 bits per heavy atom. The smallest absolute Gasteiger partial charge is 0.163 e. The second kappa shape index (κ2) is 2.47. The average Bonchev–Trinajstić information content (AvgIpc) is 2.71. The molecule has 2 aromatic rings. The van der Waals surface area contributed by atoms with Gasteiger partial charge in [0.25, 0.3) is 0 Å². The molecule has 1 aromatic carbocycles. The van der Waals surface area contributed by atoms with Crippen molar-refractivity contribution in [1.82, 2.24) is 4.98 Å². The molecule has 0 amide bonds. The summed E-state index contributed by atoms with van der Waals surface area (Å²) in [4.78, 5) is 14.8. The SMILES string of the molecule is Cc1c[nH]c2cc3c(cc12)C(=O)CC3. The van der Waals surface area contributed by atoms with E-state index in [0.717, 1.165) is 17.5 Å². The molecule has 3 rings (SSSR count). The molecule has 0 radical (unpaired) electrons. The summed E-state index contributed by atoms with van der Waals surface area (Å²) in [7, 11) is 0. The fourth-order valence-corrected chi connectivity index (χ4v) is 2.20. The van der Waals surface area contributed by atoms with Crippen molar-refractivity contribution in [2.75, 3.05) is 0 Å². The maximum Gasteiger partial charge on any atom is 0.163 e. The van der Waals surface area contributed by atoms with Gasteiger partial charge in [0.1, 0.15) is 0 Å². The number of nitrogens with one attached hydrogen (secondary N) is 1. The summed E-state index contributed by atoms with van der Waals surface area (Å²) in [6.07, 6.45) is 3.58. The monoisotopic (exact) mass is 185 g/mol. The van der Waals surface area contributed by atoms with Crippen LogP contribution in [-0.4, -0.2) is 10.8 Å². The highest BCUT2D eigenvalue weighted by Gasteiger charge is 2.20. The van der Waals surface area contributed by atoms with Crippen LogP contribution < -0.4 is 0 Å². The zero-order valence-corrected chi connectivity index (χ0v) is 8.05. The van der Waals surface area contributed by atoms with Crippen LogP contribution in [0.3, 0.4) is 0 Å². The molecule has 1 N–H and O–H groups in total. The molecule has 1 aromatic heterocycles. The van der Waals surface area contributed by atoms with Crippen LogP contribution in [0.2, 0.25) is 0 Å². The molecular weight excluding hydrogens is 174 g/mol. The van der Waals surface area contributed by atoms with Gasteiger partial charge in [-0.3, -0.25) is 4.79 Å². The van der Waals surface area contributed by atoms with Crippen molar-refractivity contribution >= 4 is 16.7 Å². The third-order valence-electron chi connectivity index (χ3n) is 3.03. The summed E-state index contributed by atoms with van der Waals surface area (Å²) in [5.41, 5.74) is 4.49. The lowest BCUT2D eigenvalue weighted by atomic mass is 10.1. The summed E-state index contributed by atoms with van der Waals surface area (Å²) < 4.78 is 0. The molecule has 70 valence electrons. The van der Waals surface area contributed by atoms with Crippen LogP contribution in [0.1, 0.15) is 27.9 Å². The van der Waals surface area contributed by atoms with Crippen LogP contribution in [0.25, 0.3) is 10.9 Å². The highest BCUT2D eigenvalue weighted by molar-refractivity contribution is 6.04. The lowest BCUT2D eigenvalue weighted by Crippen LogP contribution is -1.90. The number of hydrogen-bond donors (Lipinski definition) is 1. The Hall–Kier alpha value is -1.57. The van der Waals surface area contributed by atoms with E-state index >= 15 is 0 Å². The lowest BCUT2D eigenvalue weighted by Gasteiger charge is -1.98. The maximum atomic E-state index is 11.5. The number of benzene rings is 1. The highest BCUT2D eigenvalue weighted by Crippen LogP contribution is 2.28. The largest absolute Gasteiger partial charge is 0.361 e. The van der Waals surface area contributed by atoms with Crippen LogP contribution in [-0.2, 0) is 6.42 Å². The van der Waals surface area contributed by atoms with E-state index in [4.69, 9.17) is 0 Å². The van der Waals surface area contributed by atoms with Crippen molar-refractivity contribution in [3.05, 3.63) is 35.0 Å². The van der Waals surface area contributed by atoms with Gasteiger partial charge in [-0.15, -0.1) is 0 Å². The van der Waals surface area contributed by atoms with Crippen LogP contribution in [0.15, 0.2) is 18.3 Å². The molecular formula is C12H11NO. The fourth-order valence-electron chi connectivity index (χ4n) is 2.20. The number of hydrogen-bond acceptors (Lipinski definition) is 1. The van der Waals surface area contributed by atoms with E-state index in [-0.39, 0.29) is 0 Å². The second-order valence-electron chi connectivity index (χ2n) is 3.95.